The van der Waals surface area contributed by atoms with Gasteiger partial charge < -0.3 is 10.2 Å². The van der Waals surface area contributed by atoms with Crippen molar-refractivity contribution in [2.45, 2.75) is 20.0 Å². The second-order valence-corrected chi connectivity index (χ2v) is 6.97. The molecule has 25 heavy (non-hydrogen) atoms. The number of benzene rings is 2. The molecule has 0 unspecified atom stereocenters. The predicted octanol–water partition coefficient (Wildman–Crippen LogP) is 3.68. The molecule has 0 bridgehead atoms. The molecule has 4 nitrogen and oxygen atoms in total. The standard InChI is InChI=1S/C20H24ClN3O/c1-16-3-2-4-18(13-16)14-22-20(25)24-11-9-23(10-12-24)15-17-5-7-19(21)8-6-17/h2-8,13H,9-12,14-15H2,1H3,(H,22,25). The first-order valence-corrected chi connectivity index (χ1v) is 9.03. The van der Waals surface area contributed by atoms with Crippen molar-refractivity contribution >= 4 is 17.6 Å². The monoisotopic (exact) mass is 357 g/mol. The summed E-state index contributed by atoms with van der Waals surface area (Å²) in [7, 11) is 0. The molecular weight excluding hydrogens is 334 g/mol. The van der Waals surface area contributed by atoms with Crippen molar-refractivity contribution in [1.82, 2.24) is 15.1 Å². The zero-order chi connectivity index (χ0) is 17.6. The van der Waals surface area contributed by atoms with E-state index in [1.165, 1.54) is 11.1 Å². The van der Waals surface area contributed by atoms with Crippen LogP contribution in [-0.2, 0) is 13.1 Å². The normalized spacial score (nSPS) is 15.2. The van der Waals surface area contributed by atoms with Gasteiger partial charge in [-0.2, -0.15) is 0 Å². The fourth-order valence-electron chi connectivity index (χ4n) is 3.07. The summed E-state index contributed by atoms with van der Waals surface area (Å²) in [5.41, 5.74) is 3.60. The lowest BCUT2D eigenvalue weighted by Gasteiger charge is -2.34. The minimum atomic E-state index is 0.0210. The van der Waals surface area contributed by atoms with Gasteiger partial charge in [0, 0.05) is 44.3 Å². The highest BCUT2D eigenvalue weighted by atomic mass is 35.5. The van der Waals surface area contributed by atoms with E-state index in [2.05, 4.69) is 41.4 Å². The number of piperazine rings is 1. The fraction of sp³-hybridized carbons (Fsp3) is 0.350. The summed E-state index contributed by atoms with van der Waals surface area (Å²) < 4.78 is 0. The van der Waals surface area contributed by atoms with Gasteiger partial charge >= 0.3 is 6.03 Å². The van der Waals surface area contributed by atoms with Crippen molar-refractivity contribution in [2.75, 3.05) is 26.2 Å². The van der Waals surface area contributed by atoms with Crippen molar-refractivity contribution in [3.05, 3.63) is 70.2 Å². The summed E-state index contributed by atoms with van der Waals surface area (Å²) in [4.78, 5) is 16.6. The molecule has 0 radical (unpaired) electrons. The number of carbonyl (C=O) groups excluding carboxylic acids is 1. The van der Waals surface area contributed by atoms with E-state index >= 15 is 0 Å². The number of rotatable bonds is 4. The first-order valence-electron chi connectivity index (χ1n) is 8.65. The fourth-order valence-corrected chi connectivity index (χ4v) is 3.19. The van der Waals surface area contributed by atoms with Crippen LogP contribution in [0.4, 0.5) is 4.79 Å². The van der Waals surface area contributed by atoms with Crippen LogP contribution < -0.4 is 5.32 Å². The van der Waals surface area contributed by atoms with Crippen molar-refractivity contribution in [1.29, 1.82) is 0 Å². The number of carbonyl (C=O) groups is 1. The van der Waals surface area contributed by atoms with Crippen LogP contribution in [-0.4, -0.2) is 42.0 Å². The van der Waals surface area contributed by atoms with Crippen LogP contribution in [0.15, 0.2) is 48.5 Å². The molecule has 0 atom stereocenters. The van der Waals surface area contributed by atoms with Gasteiger partial charge in [-0.05, 0) is 30.2 Å². The van der Waals surface area contributed by atoms with Gasteiger partial charge in [-0.15, -0.1) is 0 Å². The number of aryl methyl sites for hydroxylation is 1. The molecular formula is C20H24ClN3O. The predicted molar refractivity (Wildman–Crippen MR) is 102 cm³/mol. The Morgan fingerprint density at radius 3 is 2.44 bits per heavy atom. The molecule has 2 aromatic carbocycles. The molecule has 5 heteroatoms. The van der Waals surface area contributed by atoms with E-state index in [1.54, 1.807) is 0 Å². The molecule has 132 valence electrons. The van der Waals surface area contributed by atoms with Crippen molar-refractivity contribution in [3.63, 3.8) is 0 Å². The third kappa shape index (κ3) is 5.21. The lowest BCUT2D eigenvalue weighted by atomic mass is 10.1. The number of nitrogens with one attached hydrogen (secondary N) is 1. The number of urea groups is 1. The molecule has 0 spiro atoms. The Morgan fingerprint density at radius 2 is 1.76 bits per heavy atom. The first kappa shape index (κ1) is 17.8. The number of hydrogen-bond donors (Lipinski definition) is 1. The van der Waals surface area contributed by atoms with Crippen LogP contribution in [0.25, 0.3) is 0 Å². The molecule has 3 rings (SSSR count). The average Bonchev–Trinajstić information content (AvgIpc) is 2.62. The lowest BCUT2D eigenvalue weighted by Crippen LogP contribution is -2.51. The summed E-state index contributed by atoms with van der Waals surface area (Å²) in [6.45, 7) is 6.83. The summed E-state index contributed by atoms with van der Waals surface area (Å²) >= 11 is 5.93. The molecule has 1 N–H and O–H groups in total. The van der Waals surface area contributed by atoms with Crippen LogP contribution >= 0.6 is 11.6 Å². The van der Waals surface area contributed by atoms with Crippen LogP contribution in [0, 0.1) is 6.92 Å². The molecule has 2 amide bonds. The van der Waals surface area contributed by atoms with Gasteiger partial charge in [-0.25, -0.2) is 4.79 Å². The maximum Gasteiger partial charge on any atom is 0.317 e. The van der Waals surface area contributed by atoms with Crippen LogP contribution in [0.3, 0.4) is 0 Å². The van der Waals surface area contributed by atoms with Crippen LogP contribution in [0.1, 0.15) is 16.7 Å². The molecule has 0 aromatic heterocycles. The van der Waals surface area contributed by atoms with E-state index < -0.39 is 0 Å². The lowest BCUT2D eigenvalue weighted by molar-refractivity contribution is 0.135. The quantitative estimate of drug-likeness (QED) is 0.906. The van der Waals surface area contributed by atoms with E-state index in [1.807, 2.05) is 29.2 Å². The van der Waals surface area contributed by atoms with Crippen molar-refractivity contribution in [3.8, 4) is 0 Å². The van der Waals surface area contributed by atoms with E-state index in [-0.39, 0.29) is 6.03 Å². The van der Waals surface area contributed by atoms with E-state index in [0.717, 1.165) is 43.3 Å². The van der Waals surface area contributed by atoms with Gasteiger partial charge in [-0.3, -0.25) is 4.90 Å². The molecule has 1 aliphatic rings. The maximum absolute atomic E-state index is 12.3. The van der Waals surface area contributed by atoms with Gasteiger partial charge in [-0.1, -0.05) is 53.6 Å². The van der Waals surface area contributed by atoms with Gasteiger partial charge in [0.1, 0.15) is 0 Å². The Balaban J connectivity index is 1.43. The van der Waals surface area contributed by atoms with Gasteiger partial charge in [0.25, 0.3) is 0 Å². The molecule has 0 aliphatic carbocycles. The Kier molecular flexibility index (Phi) is 5.95. The van der Waals surface area contributed by atoms with Crippen LogP contribution in [0.5, 0.6) is 0 Å². The molecule has 1 fully saturated rings. The summed E-state index contributed by atoms with van der Waals surface area (Å²) in [6.07, 6.45) is 0. The zero-order valence-electron chi connectivity index (χ0n) is 14.5. The second-order valence-electron chi connectivity index (χ2n) is 6.54. The minimum Gasteiger partial charge on any atom is -0.334 e. The average molecular weight is 358 g/mol. The highest BCUT2D eigenvalue weighted by Crippen LogP contribution is 2.13. The van der Waals surface area contributed by atoms with Crippen molar-refractivity contribution < 1.29 is 4.79 Å². The number of halogens is 1. The highest BCUT2D eigenvalue weighted by Gasteiger charge is 2.20. The van der Waals surface area contributed by atoms with Crippen molar-refractivity contribution in [2.24, 2.45) is 0 Å². The Labute approximate surface area is 154 Å². The van der Waals surface area contributed by atoms with Gasteiger partial charge in [0.15, 0.2) is 0 Å². The molecule has 0 saturated carbocycles. The number of hydrogen-bond acceptors (Lipinski definition) is 2. The smallest absolute Gasteiger partial charge is 0.317 e. The first-order chi connectivity index (χ1) is 12.1. The van der Waals surface area contributed by atoms with Gasteiger partial charge in [0.2, 0.25) is 0 Å². The molecule has 1 aliphatic heterocycles. The Bertz CT molecular complexity index is 709. The van der Waals surface area contributed by atoms with E-state index in [4.69, 9.17) is 11.6 Å². The highest BCUT2D eigenvalue weighted by molar-refractivity contribution is 6.30. The summed E-state index contributed by atoms with van der Waals surface area (Å²) in [5.74, 6) is 0. The largest absolute Gasteiger partial charge is 0.334 e. The Hall–Kier alpha value is -2.04. The third-order valence-electron chi connectivity index (χ3n) is 4.51. The number of nitrogens with zero attached hydrogens (tertiary/aromatic N) is 2. The van der Waals surface area contributed by atoms with Gasteiger partial charge in [0.05, 0.1) is 0 Å². The molecule has 2 aromatic rings. The molecule has 1 saturated heterocycles. The van der Waals surface area contributed by atoms with Crippen LogP contribution in [0.2, 0.25) is 5.02 Å². The topological polar surface area (TPSA) is 35.6 Å². The number of amides is 2. The second kappa shape index (κ2) is 8.37. The Morgan fingerprint density at radius 1 is 1.04 bits per heavy atom. The summed E-state index contributed by atoms with van der Waals surface area (Å²) in [5, 5.41) is 3.78. The molecule has 1 heterocycles. The SMILES string of the molecule is Cc1cccc(CNC(=O)N2CCN(Cc3ccc(Cl)cc3)CC2)c1. The van der Waals surface area contributed by atoms with E-state index in [0.29, 0.717) is 6.54 Å². The van der Waals surface area contributed by atoms with E-state index in [9.17, 15) is 4.79 Å². The zero-order valence-corrected chi connectivity index (χ0v) is 15.3. The maximum atomic E-state index is 12.3. The minimum absolute atomic E-state index is 0.0210. The summed E-state index contributed by atoms with van der Waals surface area (Å²) in [6, 6.07) is 16.2. The third-order valence-corrected chi connectivity index (χ3v) is 4.76.